The van der Waals surface area contributed by atoms with Crippen LogP contribution in [0.3, 0.4) is 0 Å². The first-order chi connectivity index (χ1) is 9.29. The first-order valence-electron chi connectivity index (χ1n) is 5.66. The van der Waals surface area contributed by atoms with E-state index in [2.05, 4.69) is 0 Å². The highest BCUT2D eigenvalue weighted by Crippen LogP contribution is 2.36. The van der Waals surface area contributed by atoms with E-state index in [-0.39, 0.29) is 5.56 Å². The molecule has 0 bridgehead atoms. The van der Waals surface area contributed by atoms with Gasteiger partial charge in [-0.25, -0.2) is 0 Å². The average molecular weight is 320 g/mol. The summed E-state index contributed by atoms with van der Waals surface area (Å²) in [5.41, 5.74) is 5.59. The predicted molar refractivity (Wildman–Crippen MR) is 73.9 cm³/mol. The van der Waals surface area contributed by atoms with Crippen molar-refractivity contribution in [2.45, 2.75) is 12.2 Å². The van der Waals surface area contributed by atoms with Gasteiger partial charge in [-0.15, -0.1) is 0 Å². The van der Waals surface area contributed by atoms with Crippen molar-refractivity contribution in [1.29, 1.82) is 0 Å². The summed E-state index contributed by atoms with van der Waals surface area (Å²) in [6.45, 7) is 0. The van der Waals surface area contributed by atoms with Gasteiger partial charge < -0.3 is 5.73 Å². The van der Waals surface area contributed by atoms with E-state index < -0.39 is 17.8 Å². The number of halogens is 5. The van der Waals surface area contributed by atoms with Gasteiger partial charge in [-0.05, 0) is 35.4 Å². The Morgan fingerprint density at radius 2 is 1.50 bits per heavy atom. The first kappa shape index (κ1) is 15.2. The summed E-state index contributed by atoms with van der Waals surface area (Å²) >= 11 is 11.7. The standard InChI is InChI=1S/C14H10Cl2F3N/c15-9-5-8(6-10(16)7-9)13(20)11-3-1-2-4-12(11)14(17,18)19/h1-7,13H,20H2. The number of rotatable bonds is 2. The quantitative estimate of drug-likeness (QED) is 0.822. The zero-order valence-corrected chi connectivity index (χ0v) is 11.6. The van der Waals surface area contributed by atoms with Gasteiger partial charge in [-0.2, -0.15) is 13.2 Å². The molecule has 1 atom stereocenters. The van der Waals surface area contributed by atoms with E-state index in [1.165, 1.54) is 36.4 Å². The SMILES string of the molecule is NC(c1cc(Cl)cc(Cl)c1)c1ccccc1C(F)(F)F. The van der Waals surface area contributed by atoms with Crippen LogP contribution in [0.15, 0.2) is 42.5 Å². The lowest BCUT2D eigenvalue weighted by Gasteiger charge is -2.19. The minimum Gasteiger partial charge on any atom is -0.320 e. The summed E-state index contributed by atoms with van der Waals surface area (Å²) in [6.07, 6.45) is -4.46. The van der Waals surface area contributed by atoms with E-state index in [1.54, 1.807) is 0 Å². The van der Waals surface area contributed by atoms with Crippen LogP contribution in [0.1, 0.15) is 22.7 Å². The predicted octanol–water partition coefficient (Wildman–Crippen LogP) is 5.06. The molecule has 0 amide bonds. The molecule has 2 rings (SSSR count). The summed E-state index contributed by atoms with van der Waals surface area (Å²) in [7, 11) is 0. The van der Waals surface area contributed by atoms with Crippen molar-refractivity contribution >= 4 is 23.2 Å². The summed E-state index contributed by atoms with van der Waals surface area (Å²) in [5, 5.41) is 0.653. The van der Waals surface area contributed by atoms with Crippen LogP contribution in [0.4, 0.5) is 13.2 Å². The lowest BCUT2D eigenvalue weighted by Crippen LogP contribution is -2.18. The van der Waals surface area contributed by atoms with Crippen LogP contribution in [0.5, 0.6) is 0 Å². The maximum absolute atomic E-state index is 13.0. The van der Waals surface area contributed by atoms with Crippen molar-refractivity contribution in [1.82, 2.24) is 0 Å². The highest BCUT2D eigenvalue weighted by molar-refractivity contribution is 6.34. The Labute approximate surface area is 124 Å². The van der Waals surface area contributed by atoms with E-state index in [0.717, 1.165) is 6.07 Å². The van der Waals surface area contributed by atoms with Gasteiger partial charge in [-0.3, -0.25) is 0 Å². The van der Waals surface area contributed by atoms with E-state index in [0.29, 0.717) is 15.6 Å². The maximum atomic E-state index is 13.0. The fourth-order valence-corrected chi connectivity index (χ4v) is 2.50. The number of alkyl halides is 3. The number of benzene rings is 2. The molecule has 0 saturated carbocycles. The highest BCUT2D eigenvalue weighted by atomic mass is 35.5. The van der Waals surface area contributed by atoms with Crippen LogP contribution in [-0.2, 0) is 6.18 Å². The Morgan fingerprint density at radius 1 is 0.950 bits per heavy atom. The second kappa shape index (κ2) is 5.64. The smallest absolute Gasteiger partial charge is 0.320 e. The Kier molecular flexibility index (Phi) is 4.28. The van der Waals surface area contributed by atoms with Crippen molar-refractivity contribution in [3.8, 4) is 0 Å². The lowest BCUT2D eigenvalue weighted by molar-refractivity contribution is -0.138. The number of hydrogen-bond donors (Lipinski definition) is 1. The van der Waals surface area contributed by atoms with E-state index in [1.807, 2.05) is 0 Å². The van der Waals surface area contributed by atoms with Gasteiger partial charge in [0.05, 0.1) is 11.6 Å². The van der Waals surface area contributed by atoms with Gasteiger partial charge >= 0.3 is 6.18 Å². The van der Waals surface area contributed by atoms with Crippen LogP contribution < -0.4 is 5.73 Å². The molecule has 0 aliphatic carbocycles. The number of hydrogen-bond acceptors (Lipinski definition) is 1. The van der Waals surface area contributed by atoms with Crippen molar-refractivity contribution < 1.29 is 13.2 Å². The summed E-state index contributed by atoms with van der Waals surface area (Å²) in [6, 6.07) is 8.74. The van der Waals surface area contributed by atoms with E-state index >= 15 is 0 Å². The molecule has 0 saturated heterocycles. The van der Waals surface area contributed by atoms with Gasteiger partial charge in [0.25, 0.3) is 0 Å². The van der Waals surface area contributed by atoms with Crippen LogP contribution in [-0.4, -0.2) is 0 Å². The zero-order valence-electron chi connectivity index (χ0n) is 10.1. The third-order valence-corrected chi connectivity index (χ3v) is 3.28. The molecule has 20 heavy (non-hydrogen) atoms. The van der Waals surface area contributed by atoms with Gasteiger partial charge in [-0.1, -0.05) is 41.4 Å². The number of nitrogens with two attached hydrogens (primary N) is 1. The average Bonchev–Trinajstić information content (AvgIpc) is 2.35. The Hall–Kier alpha value is -1.23. The third-order valence-electron chi connectivity index (χ3n) is 2.85. The van der Waals surface area contributed by atoms with Crippen molar-refractivity contribution in [3.05, 3.63) is 69.2 Å². The first-order valence-corrected chi connectivity index (χ1v) is 6.42. The minimum atomic E-state index is -4.46. The molecule has 1 unspecified atom stereocenters. The van der Waals surface area contributed by atoms with Crippen molar-refractivity contribution in [3.63, 3.8) is 0 Å². The molecule has 1 nitrogen and oxygen atoms in total. The summed E-state index contributed by atoms with van der Waals surface area (Å²) in [4.78, 5) is 0. The van der Waals surface area contributed by atoms with E-state index in [4.69, 9.17) is 28.9 Å². The second-order valence-corrected chi connectivity index (χ2v) is 5.14. The largest absolute Gasteiger partial charge is 0.416 e. The Balaban J connectivity index is 2.51. The second-order valence-electron chi connectivity index (χ2n) is 4.27. The molecule has 106 valence electrons. The van der Waals surface area contributed by atoms with Crippen molar-refractivity contribution in [2.24, 2.45) is 5.73 Å². The van der Waals surface area contributed by atoms with Gasteiger partial charge in [0.15, 0.2) is 0 Å². The molecular weight excluding hydrogens is 310 g/mol. The zero-order chi connectivity index (χ0) is 14.9. The van der Waals surface area contributed by atoms with Crippen LogP contribution in [0.25, 0.3) is 0 Å². The molecule has 0 aromatic heterocycles. The van der Waals surface area contributed by atoms with Gasteiger partial charge in [0.2, 0.25) is 0 Å². The van der Waals surface area contributed by atoms with Crippen LogP contribution in [0, 0.1) is 0 Å². The molecular formula is C14H10Cl2F3N. The normalized spacial score (nSPS) is 13.3. The van der Waals surface area contributed by atoms with E-state index in [9.17, 15) is 13.2 Å². The Bertz CT molecular complexity index is 606. The molecule has 0 fully saturated rings. The van der Waals surface area contributed by atoms with Crippen LogP contribution in [0.2, 0.25) is 10.0 Å². The molecule has 0 aliphatic heterocycles. The highest BCUT2D eigenvalue weighted by Gasteiger charge is 2.34. The molecule has 0 heterocycles. The fourth-order valence-electron chi connectivity index (χ4n) is 1.96. The molecule has 2 aromatic carbocycles. The summed E-state index contributed by atoms with van der Waals surface area (Å²) in [5.74, 6) is 0. The molecule has 6 heteroatoms. The minimum absolute atomic E-state index is 0.0154. The Morgan fingerprint density at radius 3 is 2.05 bits per heavy atom. The van der Waals surface area contributed by atoms with Crippen LogP contribution >= 0.6 is 23.2 Å². The monoisotopic (exact) mass is 319 g/mol. The molecule has 0 aliphatic rings. The molecule has 2 aromatic rings. The summed E-state index contributed by atoms with van der Waals surface area (Å²) < 4.78 is 38.9. The topological polar surface area (TPSA) is 26.0 Å². The van der Waals surface area contributed by atoms with Crippen molar-refractivity contribution in [2.75, 3.05) is 0 Å². The molecule has 0 spiro atoms. The lowest BCUT2D eigenvalue weighted by atomic mass is 9.95. The molecule has 2 N–H and O–H groups in total. The van der Waals surface area contributed by atoms with Gasteiger partial charge in [0.1, 0.15) is 0 Å². The maximum Gasteiger partial charge on any atom is 0.416 e. The third kappa shape index (κ3) is 3.26. The fraction of sp³-hybridized carbons (Fsp3) is 0.143. The van der Waals surface area contributed by atoms with Gasteiger partial charge in [0, 0.05) is 10.0 Å². The molecule has 0 radical (unpaired) electrons.